The van der Waals surface area contributed by atoms with Crippen LogP contribution in [0, 0.1) is 5.92 Å². The van der Waals surface area contributed by atoms with Crippen molar-refractivity contribution in [2.24, 2.45) is 5.92 Å². The van der Waals surface area contributed by atoms with E-state index in [1.807, 2.05) is 30.3 Å². The van der Waals surface area contributed by atoms with E-state index < -0.39 is 0 Å². The lowest BCUT2D eigenvalue weighted by Crippen LogP contribution is -2.14. The molecular weight excluding hydrogens is 268 g/mol. The number of anilines is 1. The van der Waals surface area contributed by atoms with E-state index in [1.165, 1.54) is 17.0 Å². The van der Waals surface area contributed by atoms with Gasteiger partial charge in [-0.05, 0) is 30.7 Å². The number of benzene rings is 1. The lowest BCUT2D eigenvalue weighted by Gasteiger charge is -2.15. The third-order valence-corrected chi connectivity index (χ3v) is 4.68. The standard InChI is InChI=1S/C16H18N2OS/c1-11-7-8-13-14(9-11)20-16(17-13)18-15(19)10-12-5-3-2-4-6-12/h2-6,11H,7-10H2,1H3,(H,17,18,19). The second-order valence-electron chi connectivity index (χ2n) is 5.45. The number of aromatic nitrogens is 1. The minimum Gasteiger partial charge on any atom is -0.302 e. The molecule has 0 aliphatic heterocycles. The zero-order valence-corrected chi connectivity index (χ0v) is 12.4. The van der Waals surface area contributed by atoms with Gasteiger partial charge in [-0.25, -0.2) is 4.98 Å². The molecule has 0 bridgehead atoms. The molecule has 1 aromatic carbocycles. The van der Waals surface area contributed by atoms with Crippen LogP contribution in [0.3, 0.4) is 0 Å². The van der Waals surface area contributed by atoms with Crippen LogP contribution in [0.15, 0.2) is 30.3 Å². The van der Waals surface area contributed by atoms with Gasteiger partial charge in [-0.1, -0.05) is 37.3 Å². The zero-order chi connectivity index (χ0) is 13.9. The second kappa shape index (κ2) is 5.75. The van der Waals surface area contributed by atoms with Crippen molar-refractivity contribution in [3.63, 3.8) is 0 Å². The fourth-order valence-corrected chi connectivity index (χ4v) is 3.73. The number of carbonyl (C=O) groups excluding carboxylic acids is 1. The first-order chi connectivity index (χ1) is 9.70. The van der Waals surface area contributed by atoms with Gasteiger partial charge < -0.3 is 5.32 Å². The Balaban J connectivity index is 1.65. The van der Waals surface area contributed by atoms with Crippen LogP contribution >= 0.6 is 11.3 Å². The molecule has 1 aliphatic rings. The van der Waals surface area contributed by atoms with Crippen LogP contribution in [0.2, 0.25) is 0 Å². The van der Waals surface area contributed by atoms with Crippen molar-refractivity contribution in [3.05, 3.63) is 46.5 Å². The lowest BCUT2D eigenvalue weighted by atomic mass is 9.93. The van der Waals surface area contributed by atoms with Crippen molar-refractivity contribution in [2.45, 2.75) is 32.6 Å². The smallest absolute Gasteiger partial charge is 0.230 e. The van der Waals surface area contributed by atoms with Crippen molar-refractivity contribution in [1.29, 1.82) is 0 Å². The summed E-state index contributed by atoms with van der Waals surface area (Å²) in [6.07, 6.45) is 3.75. The molecule has 0 fully saturated rings. The number of fused-ring (bicyclic) bond motifs is 1. The van der Waals surface area contributed by atoms with Crippen molar-refractivity contribution in [2.75, 3.05) is 5.32 Å². The summed E-state index contributed by atoms with van der Waals surface area (Å²) in [5.41, 5.74) is 2.21. The Labute approximate surface area is 123 Å². The second-order valence-corrected chi connectivity index (χ2v) is 6.53. The van der Waals surface area contributed by atoms with E-state index in [-0.39, 0.29) is 5.91 Å². The maximum absolute atomic E-state index is 12.0. The van der Waals surface area contributed by atoms with Gasteiger partial charge in [-0.15, -0.1) is 11.3 Å². The predicted octanol–water partition coefficient (Wildman–Crippen LogP) is 3.45. The Morgan fingerprint density at radius 3 is 3.00 bits per heavy atom. The van der Waals surface area contributed by atoms with Gasteiger partial charge in [0.2, 0.25) is 5.91 Å². The third kappa shape index (κ3) is 3.07. The fraction of sp³-hybridized carbons (Fsp3) is 0.375. The van der Waals surface area contributed by atoms with Crippen LogP contribution in [-0.4, -0.2) is 10.9 Å². The number of rotatable bonds is 3. The van der Waals surface area contributed by atoms with E-state index in [4.69, 9.17) is 0 Å². The number of nitrogens with zero attached hydrogens (tertiary/aromatic N) is 1. The molecule has 104 valence electrons. The summed E-state index contributed by atoms with van der Waals surface area (Å²) in [7, 11) is 0. The van der Waals surface area contributed by atoms with E-state index in [0.29, 0.717) is 6.42 Å². The Kier molecular flexibility index (Phi) is 3.83. The molecule has 3 rings (SSSR count). The number of aryl methyl sites for hydroxylation is 1. The molecule has 1 aromatic heterocycles. The summed E-state index contributed by atoms with van der Waals surface area (Å²) in [5.74, 6) is 0.742. The molecule has 1 unspecified atom stereocenters. The maximum Gasteiger partial charge on any atom is 0.230 e. The van der Waals surface area contributed by atoms with Gasteiger partial charge in [0.05, 0.1) is 12.1 Å². The Bertz CT molecular complexity index is 606. The van der Waals surface area contributed by atoms with E-state index in [9.17, 15) is 4.79 Å². The highest BCUT2D eigenvalue weighted by Crippen LogP contribution is 2.32. The number of hydrogen-bond donors (Lipinski definition) is 1. The first kappa shape index (κ1) is 13.3. The third-order valence-electron chi connectivity index (χ3n) is 3.64. The number of carbonyl (C=O) groups is 1. The highest BCUT2D eigenvalue weighted by molar-refractivity contribution is 7.15. The van der Waals surface area contributed by atoms with E-state index in [0.717, 1.165) is 29.5 Å². The molecule has 1 heterocycles. The molecule has 0 saturated heterocycles. The van der Waals surface area contributed by atoms with E-state index in [1.54, 1.807) is 11.3 Å². The molecule has 0 radical (unpaired) electrons. The number of nitrogens with one attached hydrogen (secondary N) is 1. The van der Waals surface area contributed by atoms with Gasteiger partial charge in [0, 0.05) is 4.88 Å². The van der Waals surface area contributed by atoms with Crippen LogP contribution in [0.1, 0.15) is 29.5 Å². The number of thiazole rings is 1. The molecule has 1 aliphatic carbocycles. The van der Waals surface area contributed by atoms with Crippen molar-refractivity contribution >= 4 is 22.4 Å². The highest BCUT2D eigenvalue weighted by atomic mass is 32.1. The van der Waals surface area contributed by atoms with Crippen LogP contribution in [0.25, 0.3) is 0 Å². The highest BCUT2D eigenvalue weighted by Gasteiger charge is 2.20. The summed E-state index contributed by atoms with van der Waals surface area (Å²) in [5, 5.41) is 3.69. The van der Waals surface area contributed by atoms with Crippen molar-refractivity contribution < 1.29 is 4.79 Å². The van der Waals surface area contributed by atoms with E-state index in [2.05, 4.69) is 17.2 Å². The summed E-state index contributed by atoms with van der Waals surface area (Å²) >= 11 is 1.63. The average molecular weight is 286 g/mol. The minimum atomic E-state index is 0.00958. The number of amides is 1. The molecule has 3 nitrogen and oxygen atoms in total. The van der Waals surface area contributed by atoms with Crippen molar-refractivity contribution in [3.8, 4) is 0 Å². The quantitative estimate of drug-likeness (QED) is 0.939. The van der Waals surface area contributed by atoms with Crippen molar-refractivity contribution in [1.82, 2.24) is 4.98 Å². The van der Waals surface area contributed by atoms with Crippen LogP contribution in [0.4, 0.5) is 5.13 Å². The Morgan fingerprint density at radius 2 is 2.20 bits per heavy atom. The topological polar surface area (TPSA) is 42.0 Å². The molecule has 20 heavy (non-hydrogen) atoms. The Morgan fingerprint density at radius 1 is 1.40 bits per heavy atom. The molecule has 0 spiro atoms. The van der Waals surface area contributed by atoms with Crippen LogP contribution < -0.4 is 5.32 Å². The van der Waals surface area contributed by atoms with Crippen LogP contribution in [-0.2, 0) is 24.1 Å². The minimum absolute atomic E-state index is 0.00958. The van der Waals surface area contributed by atoms with Gasteiger partial charge in [-0.3, -0.25) is 4.79 Å². The molecule has 2 aromatic rings. The first-order valence-electron chi connectivity index (χ1n) is 7.03. The number of hydrogen-bond acceptors (Lipinski definition) is 3. The molecule has 1 amide bonds. The summed E-state index contributed by atoms with van der Waals surface area (Å²) in [6, 6.07) is 9.79. The van der Waals surface area contributed by atoms with Gasteiger partial charge >= 0.3 is 0 Å². The zero-order valence-electron chi connectivity index (χ0n) is 11.6. The van der Waals surface area contributed by atoms with Gasteiger partial charge in [0.25, 0.3) is 0 Å². The molecule has 1 atom stereocenters. The monoisotopic (exact) mass is 286 g/mol. The summed E-state index contributed by atoms with van der Waals surface area (Å²) in [6.45, 7) is 2.27. The van der Waals surface area contributed by atoms with Gasteiger partial charge in [0.15, 0.2) is 5.13 Å². The van der Waals surface area contributed by atoms with Crippen LogP contribution in [0.5, 0.6) is 0 Å². The molecule has 0 saturated carbocycles. The Hall–Kier alpha value is -1.68. The predicted molar refractivity (Wildman–Crippen MR) is 82.1 cm³/mol. The first-order valence-corrected chi connectivity index (χ1v) is 7.84. The fourth-order valence-electron chi connectivity index (χ4n) is 2.54. The molecular formula is C16H18N2OS. The SMILES string of the molecule is CC1CCc2nc(NC(=O)Cc3ccccc3)sc2C1. The normalized spacial score (nSPS) is 17.6. The lowest BCUT2D eigenvalue weighted by molar-refractivity contribution is -0.115. The average Bonchev–Trinajstić information content (AvgIpc) is 2.80. The van der Waals surface area contributed by atoms with Gasteiger partial charge in [0.1, 0.15) is 0 Å². The van der Waals surface area contributed by atoms with E-state index >= 15 is 0 Å². The molecule has 4 heteroatoms. The largest absolute Gasteiger partial charge is 0.302 e. The maximum atomic E-state index is 12.0. The summed E-state index contributed by atoms with van der Waals surface area (Å²) < 4.78 is 0. The molecule has 1 N–H and O–H groups in total. The summed E-state index contributed by atoms with van der Waals surface area (Å²) in [4.78, 5) is 17.9. The van der Waals surface area contributed by atoms with Gasteiger partial charge in [-0.2, -0.15) is 0 Å².